The Bertz CT molecular complexity index is 1530. The molecule has 162 valence electrons. The Balaban J connectivity index is 1.93. The second-order valence-corrected chi connectivity index (χ2v) is 8.79. The van der Waals surface area contributed by atoms with Gasteiger partial charge < -0.3 is 5.32 Å². The highest BCUT2D eigenvalue weighted by Crippen LogP contribution is 2.14. The highest BCUT2D eigenvalue weighted by Gasteiger charge is 2.17. The van der Waals surface area contributed by atoms with Gasteiger partial charge >= 0.3 is 0 Å². The molecule has 0 fully saturated rings. The summed E-state index contributed by atoms with van der Waals surface area (Å²) >= 11 is 12.9. The Morgan fingerprint density at radius 2 is 1.55 bits per heavy atom. The average molecular weight is 492 g/mol. The second-order valence-electron chi connectivity index (χ2n) is 6.89. The summed E-state index contributed by atoms with van der Waals surface area (Å²) in [5.41, 5.74) is 1.30. The maximum Gasteiger partial charge on any atom is 0.273 e. The molecule has 0 aliphatic carbocycles. The van der Waals surface area contributed by atoms with E-state index in [9.17, 15) is 14.9 Å². The summed E-state index contributed by atoms with van der Waals surface area (Å²) in [5, 5.41) is 13.7. The molecule has 4 rings (SSSR count). The molecule has 0 saturated carbocycles. The smallest absolute Gasteiger partial charge is 0.273 e. The average Bonchev–Trinajstić information content (AvgIpc) is 3.13. The fraction of sp³-hybridized carbons (Fsp3) is 0. The number of nitriles is 1. The number of para-hydroxylation sites is 1. The van der Waals surface area contributed by atoms with E-state index >= 15 is 0 Å². The van der Waals surface area contributed by atoms with Crippen molar-refractivity contribution in [2.24, 2.45) is 0 Å². The molecule has 8 heteroatoms. The molecule has 0 spiro atoms. The van der Waals surface area contributed by atoms with Crippen LogP contribution in [0.3, 0.4) is 0 Å². The molecule has 4 aromatic rings. The van der Waals surface area contributed by atoms with Crippen molar-refractivity contribution in [3.8, 4) is 11.8 Å². The molecule has 0 radical (unpaired) electrons. The van der Waals surface area contributed by atoms with Gasteiger partial charge in [-0.1, -0.05) is 53.5 Å². The Hall–Kier alpha value is -3.63. The van der Waals surface area contributed by atoms with Crippen molar-refractivity contribution in [2.75, 3.05) is 5.32 Å². The Kier molecular flexibility index (Phi) is 6.76. The van der Waals surface area contributed by atoms with Gasteiger partial charge in [0.25, 0.3) is 11.5 Å². The van der Waals surface area contributed by atoms with Gasteiger partial charge in [-0.05, 0) is 60.2 Å². The number of rotatable bonds is 4. The molecule has 0 aliphatic heterocycles. The van der Waals surface area contributed by atoms with Crippen LogP contribution in [-0.4, -0.2) is 10.5 Å². The maximum atomic E-state index is 13.3. The quantitative estimate of drug-likeness (QED) is 0.461. The van der Waals surface area contributed by atoms with Crippen LogP contribution in [0.5, 0.6) is 0 Å². The Labute approximate surface area is 203 Å². The summed E-state index contributed by atoms with van der Waals surface area (Å²) in [4.78, 5) is 26.3. The molecule has 33 heavy (non-hydrogen) atoms. The molecular weight excluding hydrogens is 477 g/mol. The zero-order valence-corrected chi connectivity index (χ0v) is 19.3. The van der Waals surface area contributed by atoms with Crippen molar-refractivity contribution in [1.29, 1.82) is 5.26 Å². The molecule has 0 unspecified atom stereocenters. The first-order chi connectivity index (χ1) is 16.0. The van der Waals surface area contributed by atoms with Gasteiger partial charge in [0.2, 0.25) is 0 Å². The van der Waals surface area contributed by atoms with Crippen LogP contribution < -0.4 is 20.1 Å². The lowest BCUT2D eigenvalue weighted by molar-refractivity contribution is -0.111. The van der Waals surface area contributed by atoms with E-state index in [2.05, 4.69) is 5.32 Å². The highest BCUT2D eigenvalue weighted by atomic mass is 35.5. The van der Waals surface area contributed by atoms with Crippen molar-refractivity contribution in [3.63, 3.8) is 0 Å². The van der Waals surface area contributed by atoms with Crippen LogP contribution >= 0.6 is 34.5 Å². The van der Waals surface area contributed by atoms with Gasteiger partial charge in [0, 0.05) is 15.7 Å². The fourth-order valence-corrected chi connectivity index (χ4v) is 4.45. The maximum absolute atomic E-state index is 13.3. The van der Waals surface area contributed by atoms with Crippen LogP contribution in [-0.2, 0) is 4.79 Å². The van der Waals surface area contributed by atoms with Crippen LogP contribution in [0.15, 0.2) is 83.7 Å². The zero-order valence-electron chi connectivity index (χ0n) is 17.0. The minimum Gasteiger partial charge on any atom is -0.321 e. The van der Waals surface area contributed by atoms with E-state index in [0.29, 0.717) is 26.0 Å². The van der Waals surface area contributed by atoms with Gasteiger partial charge in [-0.15, -0.1) is 11.3 Å². The number of amides is 1. The largest absolute Gasteiger partial charge is 0.321 e. The number of halogens is 2. The van der Waals surface area contributed by atoms with Crippen LogP contribution in [0.1, 0.15) is 5.56 Å². The lowest BCUT2D eigenvalue weighted by Crippen LogP contribution is -2.32. The number of hydrogen-bond donors (Lipinski definition) is 1. The number of aromatic nitrogens is 1. The summed E-state index contributed by atoms with van der Waals surface area (Å²) in [5.74, 6) is -0.621. The van der Waals surface area contributed by atoms with Crippen molar-refractivity contribution >= 4 is 57.8 Å². The van der Waals surface area contributed by atoms with E-state index in [1.54, 1.807) is 78.9 Å². The number of nitrogens with one attached hydrogen (secondary N) is 1. The number of benzene rings is 3. The molecular formula is C25H15Cl2N3O2S. The first-order valence-electron chi connectivity index (χ1n) is 9.72. The van der Waals surface area contributed by atoms with Gasteiger partial charge in [0.1, 0.15) is 10.7 Å². The fourth-order valence-electron chi connectivity index (χ4n) is 3.09. The first kappa shape index (κ1) is 22.6. The molecule has 1 heterocycles. The first-order valence-corrected chi connectivity index (χ1v) is 11.3. The van der Waals surface area contributed by atoms with Crippen molar-refractivity contribution in [3.05, 3.63) is 114 Å². The van der Waals surface area contributed by atoms with Crippen LogP contribution in [0.25, 0.3) is 17.3 Å². The number of anilines is 1. The highest BCUT2D eigenvalue weighted by molar-refractivity contribution is 7.07. The molecule has 0 bridgehead atoms. The van der Waals surface area contributed by atoms with Gasteiger partial charge in [-0.3, -0.25) is 14.2 Å². The SMILES string of the molecule is N#C/C(C(=O)Nc1ccc(Cl)cc1)=c1/s/c(=C/c2ccc(Cl)cc2)c(=O)n1-c1ccccc1. The molecule has 0 aliphatic rings. The van der Waals surface area contributed by atoms with Gasteiger partial charge in [0.15, 0.2) is 5.57 Å². The number of carbonyl (C=O) groups excluding carboxylic acids is 1. The van der Waals surface area contributed by atoms with E-state index in [4.69, 9.17) is 23.2 Å². The zero-order chi connectivity index (χ0) is 23.4. The molecule has 1 aromatic heterocycles. The molecule has 0 saturated heterocycles. The number of nitrogens with zero attached hydrogens (tertiary/aromatic N) is 2. The molecule has 1 amide bonds. The lowest BCUT2D eigenvalue weighted by atomic mass is 10.2. The van der Waals surface area contributed by atoms with Crippen molar-refractivity contribution < 1.29 is 4.79 Å². The number of hydrogen-bond acceptors (Lipinski definition) is 4. The third-order valence-electron chi connectivity index (χ3n) is 4.66. The van der Waals surface area contributed by atoms with E-state index < -0.39 is 5.91 Å². The summed E-state index contributed by atoms with van der Waals surface area (Å²) in [6, 6.07) is 24.4. The van der Waals surface area contributed by atoms with Crippen LogP contribution in [0.4, 0.5) is 5.69 Å². The lowest BCUT2D eigenvalue weighted by Gasteiger charge is -2.06. The van der Waals surface area contributed by atoms with Crippen LogP contribution in [0.2, 0.25) is 10.0 Å². The van der Waals surface area contributed by atoms with Crippen molar-refractivity contribution in [2.45, 2.75) is 0 Å². The van der Waals surface area contributed by atoms with Gasteiger partial charge in [-0.25, -0.2) is 0 Å². The van der Waals surface area contributed by atoms with Gasteiger partial charge in [0.05, 0.1) is 10.2 Å². The molecule has 0 atom stereocenters. The van der Waals surface area contributed by atoms with E-state index in [1.807, 2.05) is 12.1 Å². The Morgan fingerprint density at radius 3 is 2.15 bits per heavy atom. The predicted octanol–water partition coefficient (Wildman–Crippen LogP) is 4.35. The Morgan fingerprint density at radius 1 is 0.939 bits per heavy atom. The standard InChI is InChI=1S/C25H15Cl2N3O2S/c26-17-8-6-16(7-9-17)14-22-24(32)30(20-4-2-1-3-5-20)25(33-22)21(15-28)23(31)29-19-12-10-18(27)11-13-19/h1-14H,(H,29,31)/b22-14+,25-21-. The normalized spacial score (nSPS) is 12.2. The predicted molar refractivity (Wildman–Crippen MR) is 133 cm³/mol. The number of thiazole rings is 1. The van der Waals surface area contributed by atoms with E-state index in [0.717, 1.165) is 16.9 Å². The minimum atomic E-state index is -0.621. The summed E-state index contributed by atoms with van der Waals surface area (Å²) < 4.78 is 2.00. The second kappa shape index (κ2) is 9.88. The summed E-state index contributed by atoms with van der Waals surface area (Å²) in [6.45, 7) is 0. The van der Waals surface area contributed by atoms with E-state index in [-0.39, 0.29) is 15.8 Å². The number of carbonyl (C=O) groups is 1. The van der Waals surface area contributed by atoms with E-state index in [1.165, 1.54) is 4.57 Å². The molecule has 3 aromatic carbocycles. The van der Waals surface area contributed by atoms with Crippen molar-refractivity contribution in [1.82, 2.24) is 4.57 Å². The monoisotopic (exact) mass is 491 g/mol. The van der Waals surface area contributed by atoms with Gasteiger partial charge in [-0.2, -0.15) is 5.26 Å². The van der Waals surface area contributed by atoms with Crippen LogP contribution in [0, 0.1) is 11.3 Å². The molecule has 5 nitrogen and oxygen atoms in total. The minimum absolute atomic E-state index is 0.174. The third-order valence-corrected chi connectivity index (χ3v) is 6.26. The topological polar surface area (TPSA) is 74.9 Å². The third kappa shape index (κ3) is 5.07. The summed E-state index contributed by atoms with van der Waals surface area (Å²) in [7, 11) is 0. The molecule has 1 N–H and O–H groups in total. The summed E-state index contributed by atoms with van der Waals surface area (Å²) in [6.07, 6.45) is 1.71.